The molecule has 114 valence electrons. The second-order valence-corrected chi connectivity index (χ2v) is 6.31. The summed E-state index contributed by atoms with van der Waals surface area (Å²) in [5, 5.41) is 4.58. The molecule has 0 unspecified atom stereocenters. The quantitative estimate of drug-likeness (QED) is 0.457. The number of rotatable bonds is 2. The Labute approximate surface area is 145 Å². The van der Waals surface area contributed by atoms with Gasteiger partial charge in [0.2, 0.25) is 0 Å². The molecule has 3 aromatic heterocycles. The van der Waals surface area contributed by atoms with Gasteiger partial charge in [-0.25, -0.2) is 13.9 Å². The highest BCUT2D eigenvalue weighted by atomic mass is 127. The number of hydrogen-bond donors (Lipinski definition) is 0. The number of halogens is 2. The number of nitrogens with zero attached hydrogens (tertiary/aromatic N) is 4. The maximum absolute atomic E-state index is 13.2. The zero-order valence-electron chi connectivity index (χ0n) is 12.2. The molecular weight excluding hydrogens is 406 g/mol. The fourth-order valence-corrected chi connectivity index (χ4v) is 2.99. The number of benzene rings is 1. The number of aromatic nitrogens is 4. The molecule has 4 nitrogen and oxygen atoms in total. The molecular formula is C17H12FIN4. The molecule has 6 heteroatoms. The van der Waals surface area contributed by atoms with Crippen LogP contribution >= 0.6 is 22.6 Å². The molecule has 0 spiro atoms. The standard InChI is InChI=1S/C17H12FIN4/c1-11-16(19)17-20-15(22-8-2-3-9-22)10-14(23(17)21-11)12-4-6-13(18)7-5-12/h2-10H,1H3. The third kappa shape index (κ3) is 2.42. The van der Waals surface area contributed by atoms with Gasteiger partial charge in [0.05, 0.1) is 15.0 Å². The Morgan fingerprint density at radius 1 is 1.09 bits per heavy atom. The molecule has 0 radical (unpaired) electrons. The molecule has 0 atom stereocenters. The van der Waals surface area contributed by atoms with Crippen LogP contribution in [0.3, 0.4) is 0 Å². The van der Waals surface area contributed by atoms with Crippen molar-refractivity contribution in [1.29, 1.82) is 0 Å². The zero-order valence-corrected chi connectivity index (χ0v) is 14.4. The average molecular weight is 418 g/mol. The molecule has 0 saturated heterocycles. The van der Waals surface area contributed by atoms with Crippen molar-refractivity contribution in [2.24, 2.45) is 0 Å². The topological polar surface area (TPSA) is 35.1 Å². The molecule has 0 amide bonds. The molecule has 4 aromatic rings. The van der Waals surface area contributed by atoms with E-state index in [4.69, 9.17) is 4.98 Å². The van der Waals surface area contributed by atoms with Gasteiger partial charge in [-0.1, -0.05) is 0 Å². The third-order valence-corrected chi connectivity index (χ3v) is 4.95. The minimum atomic E-state index is -0.254. The average Bonchev–Trinajstić information content (AvgIpc) is 3.18. The van der Waals surface area contributed by atoms with Crippen LogP contribution in [0.2, 0.25) is 0 Å². The number of aryl methyl sites for hydroxylation is 1. The Bertz CT molecular complexity index is 988. The minimum absolute atomic E-state index is 0.254. The monoisotopic (exact) mass is 418 g/mol. The van der Waals surface area contributed by atoms with Crippen molar-refractivity contribution in [2.75, 3.05) is 0 Å². The van der Waals surface area contributed by atoms with Crippen LogP contribution in [-0.4, -0.2) is 19.2 Å². The van der Waals surface area contributed by atoms with Crippen LogP contribution in [-0.2, 0) is 0 Å². The van der Waals surface area contributed by atoms with Gasteiger partial charge >= 0.3 is 0 Å². The van der Waals surface area contributed by atoms with Crippen molar-refractivity contribution < 1.29 is 4.39 Å². The van der Waals surface area contributed by atoms with E-state index < -0.39 is 0 Å². The first-order valence-electron chi connectivity index (χ1n) is 7.08. The van der Waals surface area contributed by atoms with Crippen LogP contribution in [0.5, 0.6) is 0 Å². The first kappa shape index (κ1) is 14.4. The normalized spacial score (nSPS) is 11.3. The smallest absolute Gasteiger partial charge is 0.171 e. The Morgan fingerprint density at radius 3 is 2.48 bits per heavy atom. The van der Waals surface area contributed by atoms with E-state index in [1.54, 1.807) is 12.1 Å². The van der Waals surface area contributed by atoms with E-state index in [0.717, 1.165) is 32.0 Å². The lowest BCUT2D eigenvalue weighted by atomic mass is 10.1. The van der Waals surface area contributed by atoms with Crippen LogP contribution < -0.4 is 0 Å². The molecule has 0 aliphatic rings. The van der Waals surface area contributed by atoms with Gasteiger partial charge in [-0.05, 0) is 65.9 Å². The first-order valence-corrected chi connectivity index (χ1v) is 8.16. The van der Waals surface area contributed by atoms with Crippen molar-refractivity contribution in [3.8, 4) is 17.1 Å². The highest BCUT2D eigenvalue weighted by molar-refractivity contribution is 14.1. The van der Waals surface area contributed by atoms with E-state index in [-0.39, 0.29) is 5.82 Å². The van der Waals surface area contributed by atoms with Crippen LogP contribution in [0.1, 0.15) is 5.69 Å². The van der Waals surface area contributed by atoms with E-state index in [2.05, 4.69) is 27.7 Å². The molecule has 0 saturated carbocycles. The summed E-state index contributed by atoms with van der Waals surface area (Å²) in [6.07, 6.45) is 3.90. The summed E-state index contributed by atoms with van der Waals surface area (Å²) in [7, 11) is 0. The summed E-state index contributed by atoms with van der Waals surface area (Å²) in [6, 6.07) is 12.3. The first-order chi connectivity index (χ1) is 11.1. The van der Waals surface area contributed by atoms with Crippen molar-refractivity contribution in [2.45, 2.75) is 6.92 Å². The molecule has 0 N–H and O–H groups in total. The lowest BCUT2D eigenvalue weighted by molar-refractivity contribution is 0.628. The van der Waals surface area contributed by atoms with Gasteiger partial charge < -0.3 is 4.57 Å². The molecule has 0 aliphatic heterocycles. The summed E-state index contributed by atoms with van der Waals surface area (Å²) in [6.45, 7) is 1.96. The van der Waals surface area contributed by atoms with E-state index in [1.165, 1.54) is 12.1 Å². The predicted molar refractivity (Wildman–Crippen MR) is 95.2 cm³/mol. The Kier molecular flexibility index (Phi) is 3.41. The van der Waals surface area contributed by atoms with E-state index in [0.29, 0.717) is 0 Å². The maximum Gasteiger partial charge on any atom is 0.171 e. The highest BCUT2D eigenvalue weighted by Gasteiger charge is 2.15. The van der Waals surface area contributed by atoms with E-state index in [9.17, 15) is 4.39 Å². The molecule has 4 rings (SSSR count). The number of fused-ring (bicyclic) bond motifs is 1. The lowest BCUT2D eigenvalue weighted by Crippen LogP contribution is -2.02. The zero-order chi connectivity index (χ0) is 16.0. The molecule has 23 heavy (non-hydrogen) atoms. The Morgan fingerprint density at radius 2 is 1.78 bits per heavy atom. The largest absolute Gasteiger partial charge is 0.309 e. The highest BCUT2D eigenvalue weighted by Crippen LogP contribution is 2.26. The summed E-state index contributed by atoms with van der Waals surface area (Å²) in [5.74, 6) is 0.551. The molecule has 0 aliphatic carbocycles. The SMILES string of the molecule is Cc1nn2c(-c3ccc(F)cc3)cc(-n3cccc3)nc2c1I. The van der Waals surface area contributed by atoms with Crippen molar-refractivity contribution in [3.63, 3.8) is 0 Å². The lowest BCUT2D eigenvalue weighted by Gasteiger charge is -2.09. The fraction of sp³-hybridized carbons (Fsp3) is 0.0588. The van der Waals surface area contributed by atoms with Crippen molar-refractivity contribution in [3.05, 3.63) is 69.9 Å². The minimum Gasteiger partial charge on any atom is -0.309 e. The second-order valence-electron chi connectivity index (χ2n) is 5.23. The van der Waals surface area contributed by atoms with E-state index in [1.807, 2.05) is 46.6 Å². The fourth-order valence-electron chi connectivity index (χ4n) is 2.53. The summed E-state index contributed by atoms with van der Waals surface area (Å²) < 4.78 is 18.0. The van der Waals surface area contributed by atoms with Gasteiger partial charge in [0.1, 0.15) is 11.6 Å². The van der Waals surface area contributed by atoms with E-state index >= 15 is 0 Å². The summed E-state index contributed by atoms with van der Waals surface area (Å²) in [5.41, 5.74) is 3.50. The summed E-state index contributed by atoms with van der Waals surface area (Å²) >= 11 is 2.26. The van der Waals surface area contributed by atoms with Crippen LogP contribution in [0.4, 0.5) is 4.39 Å². The predicted octanol–water partition coefficient (Wildman–Crippen LogP) is 4.24. The van der Waals surface area contributed by atoms with Crippen LogP contribution in [0.25, 0.3) is 22.7 Å². The van der Waals surface area contributed by atoms with Crippen molar-refractivity contribution >= 4 is 28.2 Å². The van der Waals surface area contributed by atoms with Gasteiger partial charge in [-0.2, -0.15) is 5.10 Å². The molecule has 1 aromatic carbocycles. The van der Waals surface area contributed by atoms with Crippen molar-refractivity contribution in [1.82, 2.24) is 19.2 Å². The number of hydrogen-bond acceptors (Lipinski definition) is 2. The van der Waals surface area contributed by atoms with Gasteiger partial charge in [-0.15, -0.1) is 0 Å². The maximum atomic E-state index is 13.2. The molecule has 0 bridgehead atoms. The van der Waals surface area contributed by atoms with Crippen LogP contribution in [0, 0.1) is 16.3 Å². The van der Waals surface area contributed by atoms with Gasteiger partial charge in [-0.3, -0.25) is 0 Å². The van der Waals surface area contributed by atoms with Gasteiger partial charge in [0, 0.05) is 24.0 Å². The third-order valence-electron chi connectivity index (χ3n) is 3.69. The molecule has 0 fully saturated rings. The van der Waals surface area contributed by atoms with Gasteiger partial charge in [0.25, 0.3) is 0 Å². The molecule has 3 heterocycles. The Hall–Kier alpha value is -2.22. The summed E-state index contributed by atoms with van der Waals surface area (Å²) in [4.78, 5) is 4.72. The van der Waals surface area contributed by atoms with Crippen LogP contribution in [0.15, 0.2) is 54.9 Å². The second kappa shape index (κ2) is 5.45. The Balaban J connectivity index is 2.04. The van der Waals surface area contributed by atoms with Gasteiger partial charge in [0.15, 0.2) is 5.65 Å².